The van der Waals surface area contributed by atoms with Crippen LogP contribution in [0, 0.1) is 6.92 Å². The van der Waals surface area contributed by atoms with Crippen LogP contribution in [-0.2, 0) is 0 Å². The molecule has 0 aliphatic rings. The summed E-state index contributed by atoms with van der Waals surface area (Å²) in [4.78, 5) is 25.5. The Morgan fingerprint density at radius 1 is 0.964 bits per heavy atom. The summed E-state index contributed by atoms with van der Waals surface area (Å²) in [6.45, 7) is 1.81. The Hall–Kier alpha value is -3.09. The van der Waals surface area contributed by atoms with Gasteiger partial charge in [0, 0.05) is 22.3 Å². The first-order valence-electron chi connectivity index (χ1n) is 8.47. The molecule has 4 aromatic rings. The van der Waals surface area contributed by atoms with Crippen LogP contribution in [0.2, 0.25) is 5.02 Å². The van der Waals surface area contributed by atoms with Crippen LogP contribution < -0.4 is 10.6 Å². The lowest BCUT2D eigenvalue weighted by molar-refractivity contribution is 0.0996. The number of furan rings is 1. The number of halogens is 1. The number of anilines is 2. The molecule has 2 amide bonds. The highest BCUT2D eigenvalue weighted by Gasteiger charge is 2.19. The number of benzene rings is 2. The lowest BCUT2D eigenvalue weighted by atomic mass is 10.1. The van der Waals surface area contributed by atoms with Gasteiger partial charge in [-0.15, -0.1) is 11.3 Å². The summed E-state index contributed by atoms with van der Waals surface area (Å²) in [5.74, 6) is -0.371. The van der Waals surface area contributed by atoms with E-state index in [-0.39, 0.29) is 17.6 Å². The second-order valence-electron chi connectivity index (χ2n) is 6.14. The molecule has 0 atom stereocenters. The first-order chi connectivity index (χ1) is 13.5. The van der Waals surface area contributed by atoms with Crippen molar-refractivity contribution in [2.45, 2.75) is 6.92 Å². The maximum Gasteiger partial charge on any atom is 0.291 e. The molecule has 140 valence electrons. The Balaban J connectivity index is 1.55. The Morgan fingerprint density at radius 2 is 1.68 bits per heavy atom. The molecule has 7 heteroatoms. The van der Waals surface area contributed by atoms with Gasteiger partial charge in [-0.2, -0.15) is 0 Å². The second-order valence-corrected chi connectivity index (χ2v) is 7.49. The summed E-state index contributed by atoms with van der Waals surface area (Å²) in [5.41, 5.74) is 2.33. The Morgan fingerprint density at radius 3 is 2.36 bits per heavy atom. The third kappa shape index (κ3) is 3.52. The smallest absolute Gasteiger partial charge is 0.291 e. The largest absolute Gasteiger partial charge is 0.449 e. The molecule has 0 saturated carbocycles. The molecule has 2 aromatic carbocycles. The predicted molar refractivity (Wildman–Crippen MR) is 113 cm³/mol. The van der Waals surface area contributed by atoms with Crippen LogP contribution in [-0.4, -0.2) is 11.8 Å². The van der Waals surface area contributed by atoms with Gasteiger partial charge in [0.15, 0.2) is 11.3 Å². The van der Waals surface area contributed by atoms with E-state index in [1.807, 2.05) is 30.5 Å². The van der Waals surface area contributed by atoms with E-state index in [0.29, 0.717) is 26.9 Å². The molecule has 5 nitrogen and oxygen atoms in total. The molecule has 0 aliphatic carbocycles. The minimum atomic E-state index is -0.383. The predicted octanol–water partition coefficient (Wildman–Crippen LogP) is 5.96. The molecule has 0 spiro atoms. The number of amides is 2. The van der Waals surface area contributed by atoms with Gasteiger partial charge < -0.3 is 15.1 Å². The van der Waals surface area contributed by atoms with Crippen molar-refractivity contribution in [1.82, 2.24) is 0 Å². The van der Waals surface area contributed by atoms with Crippen molar-refractivity contribution in [2.75, 3.05) is 10.6 Å². The van der Waals surface area contributed by atoms with Crippen LogP contribution >= 0.6 is 22.9 Å². The van der Waals surface area contributed by atoms with E-state index in [2.05, 4.69) is 10.6 Å². The number of nitrogens with one attached hydrogen (secondary N) is 2. The van der Waals surface area contributed by atoms with Gasteiger partial charge in [0.1, 0.15) is 0 Å². The van der Waals surface area contributed by atoms with Gasteiger partial charge >= 0.3 is 0 Å². The average Bonchev–Trinajstić information content (AvgIpc) is 3.32. The highest BCUT2D eigenvalue weighted by Crippen LogP contribution is 2.31. The van der Waals surface area contributed by atoms with Gasteiger partial charge in [0.2, 0.25) is 0 Å². The minimum Gasteiger partial charge on any atom is -0.449 e. The standard InChI is InChI=1S/C21H15ClN2O3S/c1-12-15-7-3-8-16(22)19(15)27-18(12)21(26)24-14-6-2-5-13(11-14)23-20(25)17-9-4-10-28-17/h2-11H,1H3,(H,23,25)(H,24,26). The Bertz CT molecular complexity index is 1180. The summed E-state index contributed by atoms with van der Waals surface area (Å²) in [5, 5.41) is 8.72. The van der Waals surface area contributed by atoms with Crippen molar-refractivity contribution in [3.63, 3.8) is 0 Å². The van der Waals surface area contributed by atoms with Crippen LogP contribution in [0.15, 0.2) is 64.4 Å². The Labute approximate surface area is 169 Å². The third-order valence-corrected chi connectivity index (χ3v) is 5.41. The highest BCUT2D eigenvalue weighted by molar-refractivity contribution is 7.12. The minimum absolute atomic E-state index is 0.193. The fraction of sp³-hybridized carbons (Fsp3) is 0.0476. The van der Waals surface area contributed by atoms with Crippen LogP contribution in [0.4, 0.5) is 11.4 Å². The van der Waals surface area contributed by atoms with Crippen molar-refractivity contribution < 1.29 is 14.0 Å². The molecule has 0 saturated heterocycles. The van der Waals surface area contributed by atoms with E-state index in [1.54, 1.807) is 36.4 Å². The molecule has 2 heterocycles. The van der Waals surface area contributed by atoms with E-state index in [1.165, 1.54) is 11.3 Å². The Kier molecular flexibility index (Phi) is 4.90. The number of carbonyl (C=O) groups excluding carboxylic acids is 2. The molecule has 0 unspecified atom stereocenters. The molecular weight excluding hydrogens is 396 g/mol. The number of rotatable bonds is 4. The summed E-state index contributed by atoms with van der Waals surface area (Å²) in [6.07, 6.45) is 0. The van der Waals surface area contributed by atoms with E-state index < -0.39 is 0 Å². The zero-order valence-electron chi connectivity index (χ0n) is 14.8. The van der Waals surface area contributed by atoms with Crippen LogP contribution in [0.25, 0.3) is 11.0 Å². The monoisotopic (exact) mass is 410 g/mol. The zero-order valence-corrected chi connectivity index (χ0v) is 16.4. The van der Waals surface area contributed by atoms with Gasteiger partial charge in [0.05, 0.1) is 9.90 Å². The molecule has 4 rings (SSSR count). The molecule has 0 aliphatic heterocycles. The second kappa shape index (κ2) is 7.50. The number of hydrogen-bond acceptors (Lipinski definition) is 4. The van der Waals surface area contributed by atoms with Crippen molar-refractivity contribution in [1.29, 1.82) is 0 Å². The lowest BCUT2D eigenvalue weighted by Crippen LogP contribution is -2.13. The molecular formula is C21H15ClN2O3S. The SMILES string of the molecule is Cc1c(C(=O)Nc2cccc(NC(=O)c3cccs3)c2)oc2c(Cl)cccc12. The number of hydrogen-bond donors (Lipinski definition) is 2. The fourth-order valence-electron chi connectivity index (χ4n) is 2.89. The zero-order chi connectivity index (χ0) is 19.7. The van der Waals surface area contributed by atoms with Crippen molar-refractivity contribution >= 4 is 57.1 Å². The number of fused-ring (bicyclic) bond motifs is 1. The number of thiophene rings is 1. The van der Waals surface area contributed by atoms with Gasteiger partial charge in [-0.25, -0.2) is 0 Å². The normalized spacial score (nSPS) is 10.8. The number of aryl methyl sites for hydroxylation is 1. The van der Waals surface area contributed by atoms with Crippen molar-refractivity contribution in [3.05, 3.63) is 81.2 Å². The average molecular weight is 411 g/mol. The van der Waals surface area contributed by atoms with Crippen LogP contribution in [0.1, 0.15) is 25.8 Å². The number of para-hydroxylation sites is 1. The van der Waals surface area contributed by atoms with Gasteiger partial charge in [0.25, 0.3) is 11.8 Å². The fourth-order valence-corrected chi connectivity index (χ4v) is 3.72. The first-order valence-corrected chi connectivity index (χ1v) is 9.72. The highest BCUT2D eigenvalue weighted by atomic mass is 35.5. The number of carbonyl (C=O) groups is 2. The third-order valence-electron chi connectivity index (χ3n) is 4.25. The summed E-state index contributed by atoms with van der Waals surface area (Å²) >= 11 is 7.52. The van der Waals surface area contributed by atoms with Crippen LogP contribution in [0.5, 0.6) is 0 Å². The van der Waals surface area contributed by atoms with Crippen LogP contribution in [0.3, 0.4) is 0 Å². The van der Waals surface area contributed by atoms with E-state index in [0.717, 1.165) is 10.9 Å². The van der Waals surface area contributed by atoms with E-state index >= 15 is 0 Å². The summed E-state index contributed by atoms with van der Waals surface area (Å²) in [6, 6.07) is 15.9. The summed E-state index contributed by atoms with van der Waals surface area (Å²) < 4.78 is 5.70. The van der Waals surface area contributed by atoms with E-state index in [4.69, 9.17) is 16.0 Å². The molecule has 0 bridgehead atoms. The van der Waals surface area contributed by atoms with Gasteiger partial charge in [-0.05, 0) is 42.6 Å². The lowest BCUT2D eigenvalue weighted by Gasteiger charge is -2.08. The first kappa shape index (κ1) is 18.3. The molecule has 28 heavy (non-hydrogen) atoms. The molecule has 0 radical (unpaired) electrons. The maximum atomic E-state index is 12.7. The van der Waals surface area contributed by atoms with Gasteiger partial charge in [-0.1, -0.05) is 35.9 Å². The topological polar surface area (TPSA) is 71.3 Å². The maximum absolute atomic E-state index is 12.7. The van der Waals surface area contributed by atoms with E-state index in [9.17, 15) is 9.59 Å². The quantitative estimate of drug-likeness (QED) is 0.436. The van der Waals surface area contributed by atoms with Crippen molar-refractivity contribution in [3.8, 4) is 0 Å². The van der Waals surface area contributed by atoms with Crippen molar-refractivity contribution in [2.24, 2.45) is 0 Å². The molecule has 2 N–H and O–H groups in total. The van der Waals surface area contributed by atoms with Gasteiger partial charge in [-0.3, -0.25) is 9.59 Å². The summed E-state index contributed by atoms with van der Waals surface area (Å²) in [7, 11) is 0. The molecule has 0 fully saturated rings. The molecule has 2 aromatic heterocycles.